The summed E-state index contributed by atoms with van der Waals surface area (Å²) >= 11 is 0. The van der Waals surface area contributed by atoms with Gasteiger partial charge in [0.2, 0.25) is 0 Å². The Labute approximate surface area is 126 Å². The number of rotatable bonds is 9. The molecule has 4 nitrogen and oxygen atoms in total. The number of likely N-dealkylation sites (N-methyl/N-ethyl adjacent to an activating group) is 1. The average molecular weight is 291 g/mol. The molecule has 0 fully saturated rings. The van der Waals surface area contributed by atoms with Gasteiger partial charge in [0.25, 0.3) is 0 Å². The van der Waals surface area contributed by atoms with Gasteiger partial charge in [-0.3, -0.25) is 0 Å². The van der Waals surface area contributed by atoms with Crippen molar-refractivity contribution >= 4 is 11.0 Å². The molecule has 0 spiro atoms. The molecule has 2 aromatic rings. The third kappa shape index (κ3) is 4.84. The highest BCUT2D eigenvalue weighted by molar-refractivity contribution is 5.77. The molecule has 0 radical (unpaired) electrons. The van der Waals surface area contributed by atoms with Crippen molar-refractivity contribution in [2.75, 3.05) is 26.4 Å². The maximum absolute atomic E-state index is 5.90. The quantitative estimate of drug-likeness (QED) is 0.718. The molecular formula is C17H25NO3. The van der Waals surface area contributed by atoms with Gasteiger partial charge < -0.3 is 19.2 Å². The Morgan fingerprint density at radius 3 is 2.71 bits per heavy atom. The molecule has 0 bridgehead atoms. The minimum atomic E-state index is 0.0708. The fourth-order valence-electron chi connectivity index (χ4n) is 2.21. The molecular weight excluding hydrogens is 266 g/mol. The van der Waals surface area contributed by atoms with Crippen LogP contribution in [-0.2, 0) is 9.47 Å². The van der Waals surface area contributed by atoms with Crippen molar-refractivity contribution in [3.63, 3.8) is 0 Å². The predicted octanol–water partition coefficient (Wildman–Crippen LogP) is 3.53. The van der Waals surface area contributed by atoms with Crippen LogP contribution in [0.25, 0.3) is 11.0 Å². The topological polar surface area (TPSA) is 43.6 Å². The molecule has 1 aromatic heterocycles. The van der Waals surface area contributed by atoms with Crippen molar-refractivity contribution in [2.45, 2.75) is 32.9 Å². The van der Waals surface area contributed by atoms with Gasteiger partial charge in [0.05, 0.1) is 32.0 Å². The van der Waals surface area contributed by atoms with Crippen LogP contribution >= 0.6 is 0 Å². The van der Waals surface area contributed by atoms with Crippen LogP contribution in [0.1, 0.15) is 32.6 Å². The van der Waals surface area contributed by atoms with Gasteiger partial charge >= 0.3 is 0 Å². The number of furan rings is 1. The van der Waals surface area contributed by atoms with Gasteiger partial charge in [-0.05, 0) is 32.5 Å². The molecule has 4 heteroatoms. The van der Waals surface area contributed by atoms with E-state index in [-0.39, 0.29) is 12.1 Å². The first-order valence-corrected chi connectivity index (χ1v) is 7.62. The van der Waals surface area contributed by atoms with E-state index in [9.17, 15) is 0 Å². The molecule has 1 N–H and O–H groups in total. The van der Waals surface area contributed by atoms with E-state index in [0.29, 0.717) is 19.8 Å². The maximum atomic E-state index is 5.90. The lowest BCUT2D eigenvalue weighted by Gasteiger charge is -2.16. The Morgan fingerprint density at radius 2 is 2.00 bits per heavy atom. The molecule has 21 heavy (non-hydrogen) atoms. The lowest BCUT2D eigenvalue weighted by Crippen LogP contribution is -2.25. The first kappa shape index (κ1) is 16.0. The van der Waals surface area contributed by atoms with Crippen LogP contribution < -0.4 is 5.32 Å². The number of benzene rings is 1. The van der Waals surface area contributed by atoms with Gasteiger partial charge in [0.1, 0.15) is 11.3 Å². The van der Waals surface area contributed by atoms with Crippen molar-refractivity contribution < 1.29 is 13.9 Å². The van der Waals surface area contributed by atoms with E-state index in [4.69, 9.17) is 13.9 Å². The molecule has 0 saturated heterocycles. The highest BCUT2D eigenvalue weighted by Crippen LogP contribution is 2.24. The lowest BCUT2D eigenvalue weighted by molar-refractivity contribution is 0.0125. The highest BCUT2D eigenvalue weighted by atomic mass is 16.5. The van der Waals surface area contributed by atoms with Crippen LogP contribution in [0.2, 0.25) is 0 Å². The molecule has 2 rings (SSSR count). The van der Waals surface area contributed by atoms with E-state index in [1.165, 1.54) is 0 Å². The van der Waals surface area contributed by atoms with Crippen LogP contribution in [0.15, 0.2) is 34.7 Å². The summed E-state index contributed by atoms with van der Waals surface area (Å²) in [5.41, 5.74) is 0.915. The summed E-state index contributed by atoms with van der Waals surface area (Å²) in [4.78, 5) is 0. The van der Waals surface area contributed by atoms with Gasteiger partial charge in [-0.2, -0.15) is 0 Å². The first-order chi connectivity index (χ1) is 10.2. The van der Waals surface area contributed by atoms with E-state index in [1.54, 1.807) is 0 Å². The predicted molar refractivity (Wildman–Crippen MR) is 84.5 cm³/mol. The fraction of sp³-hybridized carbons (Fsp3) is 0.529. The SMILES string of the molecule is CCNC(COCCOC(C)C)c1cc2ccccc2o1. The minimum Gasteiger partial charge on any atom is -0.459 e. The minimum absolute atomic E-state index is 0.0708. The van der Waals surface area contributed by atoms with Crippen LogP contribution in [0.4, 0.5) is 0 Å². The summed E-state index contributed by atoms with van der Waals surface area (Å²) in [6.07, 6.45) is 0.244. The number of nitrogens with one attached hydrogen (secondary N) is 1. The number of fused-ring (bicyclic) bond motifs is 1. The first-order valence-electron chi connectivity index (χ1n) is 7.62. The summed E-state index contributed by atoms with van der Waals surface area (Å²) in [5.74, 6) is 0.919. The van der Waals surface area contributed by atoms with Gasteiger partial charge in [-0.1, -0.05) is 25.1 Å². The molecule has 1 heterocycles. The van der Waals surface area contributed by atoms with Crippen molar-refractivity contribution in [1.82, 2.24) is 5.32 Å². The van der Waals surface area contributed by atoms with Crippen molar-refractivity contribution in [3.05, 3.63) is 36.1 Å². The van der Waals surface area contributed by atoms with Crippen LogP contribution in [0.3, 0.4) is 0 Å². The van der Waals surface area contributed by atoms with Gasteiger partial charge in [0, 0.05) is 5.39 Å². The molecule has 1 atom stereocenters. The fourth-order valence-corrected chi connectivity index (χ4v) is 2.21. The zero-order valence-electron chi connectivity index (χ0n) is 13.1. The molecule has 0 aliphatic carbocycles. The Morgan fingerprint density at radius 1 is 1.19 bits per heavy atom. The van der Waals surface area contributed by atoms with E-state index in [2.05, 4.69) is 24.4 Å². The average Bonchev–Trinajstić information content (AvgIpc) is 2.89. The van der Waals surface area contributed by atoms with E-state index in [1.807, 2.05) is 32.0 Å². The number of ether oxygens (including phenoxy) is 2. The largest absolute Gasteiger partial charge is 0.459 e. The van der Waals surface area contributed by atoms with Crippen LogP contribution in [0, 0.1) is 0 Å². The molecule has 0 aliphatic rings. The van der Waals surface area contributed by atoms with Gasteiger partial charge in [-0.25, -0.2) is 0 Å². The van der Waals surface area contributed by atoms with E-state index < -0.39 is 0 Å². The van der Waals surface area contributed by atoms with Crippen molar-refractivity contribution in [3.8, 4) is 0 Å². The molecule has 0 aliphatic heterocycles. The van der Waals surface area contributed by atoms with Gasteiger partial charge in [0.15, 0.2) is 0 Å². The summed E-state index contributed by atoms with van der Waals surface area (Å²) in [6, 6.07) is 10.2. The molecule has 1 aromatic carbocycles. The second-order valence-corrected chi connectivity index (χ2v) is 5.29. The second kappa shape index (κ2) is 8.17. The summed E-state index contributed by atoms with van der Waals surface area (Å²) < 4.78 is 17.1. The van der Waals surface area contributed by atoms with Crippen LogP contribution in [0.5, 0.6) is 0 Å². The number of hydrogen-bond acceptors (Lipinski definition) is 4. The Kier molecular flexibility index (Phi) is 6.23. The normalized spacial score (nSPS) is 13.1. The number of para-hydroxylation sites is 1. The summed E-state index contributed by atoms with van der Waals surface area (Å²) in [5, 5.41) is 4.52. The second-order valence-electron chi connectivity index (χ2n) is 5.29. The zero-order valence-corrected chi connectivity index (χ0v) is 13.1. The molecule has 116 valence electrons. The van der Waals surface area contributed by atoms with Gasteiger partial charge in [-0.15, -0.1) is 0 Å². The molecule has 1 unspecified atom stereocenters. The zero-order chi connectivity index (χ0) is 15.1. The highest BCUT2D eigenvalue weighted by Gasteiger charge is 2.15. The third-order valence-corrected chi connectivity index (χ3v) is 3.20. The van der Waals surface area contributed by atoms with E-state index >= 15 is 0 Å². The van der Waals surface area contributed by atoms with Crippen LogP contribution in [-0.4, -0.2) is 32.5 Å². The van der Waals surface area contributed by atoms with Crippen molar-refractivity contribution in [1.29, 1.82) is 0 Å². The van der Waals surface area contributed by atoms with E-state index in [0.717, 1.165) is 23.3 Å². The Balaban J connectivity index is 1.91. The Hall–Kier alpha value is -1.36. The summed E-state index contributed by atoms with van der Waals surface area (Å²) in [6.45, 7) is 8.79. The van der Waals surface area contributed by atoms with Crippen molar-refractivity contribution in [2.24, 2.45) is 0 Å². The smallest absolute Gasteiger partial charge is 0.134 e. The Bertz CT molecular complexity index is 503. The molecule has 0 saturated carbocycles. The summed E-state index contributed by atoms with van der Waals surface area (Å²) in [7, 11) is 0. The lowest BCUT2D eigenvalue weighted by atomic mass is 10.2. The maximum Gasteiger partial charge on any atom is 0.134 e. The molecule has 0 amide bonds. The monoisotopic (exact) mass is 291 g/mol. The number of hydrogen-bond donors (Lipinski definition) is 1. The third-order valence-electron chi connectivity index (χ3n) is 3.20. The standard InChI is InChI=1S/C17H25NO3/c1-4-18-15(12-19-9-10-20-13(2)3)17-11-14-7-5-6-8-16(14)21-17/h5-8,11,13,15,18H,4,9-10,12H2,1-3H3.